The van der Waals surface area contributed by atoms with Gasteiger partial charge in [-0.15, -0.1) is 11.6 Å². The van der Waals surface area contributed by atoms with Crippen LogP contribution in [0.5, 0.6) is 11.5 Å². The predicted octanol–water partition coefficient (Wildman–Crippen LogP) is 5.05. The van der Waals surface area contributed by atoms with E-state index in [1.807, 2.05) is 18.2 Å². The molecule has 0 N–H and O–H groups in total. The van der Waals surface area contributed by atoms with Crippen molar-refractivity contribution >= 4 is 17.2 Å². The lowest BCUT2D eigenvalue weighted by Crippen LogP contribution is -2.13. The molecule has 1 fully saturated rings. The Balaban J connectivity index is 1.74. The molecule has 2 aromatic rings. The van der Waals surface area contributed by atoms with Crippen molar-refractivity contribution in [3.8, 4) is 11.5 Å². The summed E-state index contributed by atoms with van der Waals surface area (Å²) in [6.45, 7) is 1.21. The van der Waals surface area contributed by atoms with Crippen molar-refractivity contribution in [2.45, 2.75) is 12.8 Å². The Hall–Kier alpha value is -2.00. The third-order valence-corrected chi connectivity index (χ3v) is 4.78. The molecule has 4 heteroatoms. The summed E-state index contributed by atoms with van der Waals surface area (Å²) in [4.78, 5) is 0. The molecule has 4 rings (SSSR count). The van der Waals surface area contributed by atoms with E-state index in [4.69, 9.17) is 21.1 Å². The lowest BCUT2D eigenvalue weighted by molar-refractivity contribution is 0.298. The number of hydrogen-bond acceptors (Lipinski definition) is 2. The first-order valence-corrected chi connectivity index (χ1v) is 8.72. The second-order valence-corrected chi connectivity index (χ2v) is 6.59. The summed E-state index contributed by atoms with van der Waals surface area (Å²) in [5.74, 6) is 2.46. The highest BCUT2D eigenvalue weighted by Gasteiger charge is 2.24. The van der Waals surface area contributed by atoms with Crippen LogP contribution in [0.1, 0.15) is 24.0 Å². The van der Waals surface area contributed by atoms with Crippen LogP contribution in [0.3, 0.4) is 0 Å². The molecule has 0 aromatic heterocycles. The van der Waals surface area contributed by atoms with Gasteiger partial charge < -0.3 is 9.47 Å². The van der Waals surface area contributed by atoms with Crippen LogP contribution in [0.4, 0.5) is 4.39 Å². The van der Waals surface area contributed by atoms with Gasteiger partial charge in [-0.3, -0.25) is 0 Å². The van der Waals surface area contributed by atoms with Crippen molar-refractivity contribution in [1.29, 1.82) is 0 Å². The van der Waals surface area contributed by atoms with Crippen LogP contribution in [0.25, 0.3) is 5.57 Å². The number of rotatable bonds is 5. The van der Waals surface area contributed by atoms with Crippen molar-refractivity contribution in [2.24, 2.45) is 5.92 Å². The number of halogens is 2. The molecule has 1 heterocycles. The summed E-state index contributed by atoms with van der Waals surface area (Å²) in [6, 6.07) is 12.4. The van der Waals surface area contributed by atoms with Crippen LogP contribution in [-0.4, -0.2) is 19.1 Å². The summed E-state index contributed by atoms with van der Waals surface area (Å²) in [7, 11) is 0. The Kier molecular flexibility index (Phi) is 4.19. The maximum absolute atomic E-state index is 13.3. The molecule has 0 amide bonds. The fourth-order valence-corrected chi connectivity index (χ4v) is 3.14. The van der Waals surface area contributed by atoms with E-state index in [2.05, 4.69) is 0 Å². The Morgan fingerprint density at radius 1 is 1.12 bits per heavy atom. The number of fused-ring (bicyclic) bond motifs is 1. The molecule has 24 heavy (non-hydrogen) atoms. The molecule has 2 aromatic carbocycles. The van der Waals surface area contributed by atoms with Crippen molar-refractivity contribution in [1.82, 2.24) is 0 Å². The molecule has 1 saturated carbocycles. The maximum atomic E-state index is 13.3. The second kappa shape index (κ2) is 6.48. The van der Waals surface area contributed by atoms with E-state index < -0.39 is 0 Å². The van der Waals surface area contributed by atoms with Crippen LogP contribution >= 0.6 is 11.6 Å². The van der Waals surface area contributed by atoms with Gasteiger partial charge in [-0.25, -0.2) is 4.39 Å². The zero-order valence-corrected chi connectivity index (χ0v) is 14.0. The highest BCUT2D eigenvalue weighted by molar-refractivity contribution is 6.20. The van der Waals surface area contributed by atoms with Gasteiger partial charge in [0.25, 0.3) is 0 Å². The summed E-state index contributed by atoms with van der Waals surface area (Å²) >= 11 is 6.13. The van der Waals surface area contributed by atoms with E-state index in [0.717, 1.165) is 40.4 Å². The monoisotopic (exact) mass is 344 g/mol. The van der Waals surface area contributed by atoms with Gasteiger partial charge in [0.15, 0.2) is 0 Å². The van der Waals surface area contributed by atoms with E-state index >= 15 is 0 Å². The summed E-state index contributed by atoms with van der Waals surface area (Å²) in [6.07, 6.45) is 2.51. The van der Waals surface area contributed by atoms with Crippen molar-refractivity contribution in [3.63, 3.8) is 0 Å². The Morgan fingerprint density at radius 3 is 2.62 bits per heavy atom. The van der Waals surface area contributed by atoms with E-state index in [9.17, 15) is 4.39 Å². The minimum Gasteiger partial charge on any atom is -0.493 e. The average Bonchev–Trinajstić information content (AvgIpc) is 3.44. The molecule has 0 atom stereocenters. The molecule has 0 bridgehead atoms. The number of ether oxygens (including phenoxy) is 2. The van der Waals surface area contributed by atoms with Crippen LogP contribution in [0, 0.1) is 11.7 Å². The van der Waals surface area contributed by atoms with Gasteiger partial charge in [0.1, 0.15) is 23.9 Å². The molecular formula is C20H18ClFO2. The van der Waals surface area contributed by atoms with E-state index in [1.54, 1.807) is 12.1 Å². The number of hydrogen-bond donors (Lipinski definition) is 0. The lowest BCUT2D eigenvalue weighted by atomic mass is 9.91. The van der Waals surface area contributed by atoms with Gasteiger partial charge in [-0.2, -0.15) is 0 Å². The van der Waals surface area contributed by atoms with Gasteiger partial charge in [-0.1, -0.05) is 12.1 Å². The zero-order chi connectivity index (χ0) is 16.5. The predicted molar refractivity (Wildman–Crippen MR) is 93.3 cm³/mol. The first-order chi connectivity index (χ1) is 11.7. The van der Waals surface area contributed by atoms with Crippen molar-refractivity contribution in [2.75, 3.05) is 19.1 Å². The highest BCUT2D eigenvalue weighted by Crippen LogP contribution is 2.40. The standard InChI is InChI=1S/C20H18ClFO2/c21-10-15-12-24-19-8-7-17(23-11-13-1-2-13)9-18(19)20(15)14-3-5-16(22)6-4-14/h3-9,13H,1-2,10-12H2. The number of benzene rings is 2. The topological polar surface area (TPSA) is 18.5 Å². The summed E-state index contributed by atoms with van der Waals surface area (Å²) in [5.41, 5.74) is 3.91. The summed E-state index contributed by atoms with van der Waals surface area (Å²) < 4.78 is 25.0. The van der Waals surface area contributed by atoms with Crippen molar-refractivity contribution < 1.29 is 13.9 Å². The quantitative estimate of drug-likeness (QED) is 0.707. The minimum atomic E-state index is -0.249. The maximum Gasteiger partial charge on any atom is 0.127 e. The van der Waals surface area contributed by atoms with Gasteiger partial charge in [-0.05, 0) is 65.8 Å². The summed E-state index contributed by atoms with van der Waals surface area (Å²) in [5, 5.41) is 0. The normalized spacial score (nSPS) is 16.6. The van der Waals surface area contributed by atoms with Crippen LogP contribution in [0.2, 0.25) is 0 Å². The van der Waals surface area contributed by atoms with E-state index in [-0.39, 0.29) is 5.82 Å². The second-order valence-electron chi connectivity index (χ2n) is 6.32. The third kappa shape index (κ3) is 3.13. The molecule has 124 valence electrons. The zero-order valence-electron chi connectivity index (χ0n) is 13.2. The van der Waals surface area contributed by atoms with Crippen LogP contribution in [0.15, 0.2) is 48.0 Å². The lowest BCUT2D eigenvalue weighted by Gasteiger charge is -2.24. The first-order valence-electron chi connectivity index (χ1n) is 8.18. The van der Waals surface area contributed by atoms with E-state index in [1.165, 1.54) is 25.0 Å². The van der Waals surface area contributed by atoms with E-state index in [0.29, 0.717) is 18.4 Å². The molecule has 0 radical (unpaired) electrons. The largest absolute Gasteiger partial charge is 0.493 e. The van der Waals surface area contributed by atoms with Crippen LogP contribution in [-0.2, 0) is 0 Å². The molecule has 1 aliphatic carbocycles. The Bertz CT molecular complexity index is 779. The molecule has 2 aliphatic rings. The Morgan fingerprint density at radius 2 is 1.92 bits per heavy atom. The SMILES string of the molecule is Fc1ccc(C2=C(CCl)COc3ccc(OCC4CC4)cc32)cc1. The van der Waals surface area contributed by atoms with Crippen LogP contribution < -0.4 is 9.47 Å². The van der Waals surface area contributed by atoms with Gasteiger partial charge in [0.05, 0.1) is 6.61 Å². The van der Waals surface area contributed by atoms with Gasteiger partial charge in [0, 0.05) is 11.4 Å². The molecule has 2 nitrogen and oxygen atoms in total. The molecule has 1 aliphatic heterocycles. The fraction of sp³-hybridized carbons (Fsp3) is 0.300. The molecular weight excluding hydrogens is 327 g/mol. The van der Waals surface area contributed by atoms with Gasteiger partial charge in [0.2, 0.25) is 0 Å². The number of alkyl halides is 1. The van der Waals surface area contributed by atoms with Gasteiger partial charge >= 0.3 is 0 Å². The average molecular weight is 345 g/mol. The minimum absolute atomic E-state index is 0.249. The molecule has 0 spiro atoms. The third-order valence-electron chi connectivity index (χ3n) is 4.45. The Labute approximate surface area is 145 Å². The highest BCUT2D eigenvalue weighted by atomic mass is 35.5. The fourth-order valence-electron chi connectivity index (χ4n) is 2.93. The van der Waals surface area contributed by atoms with Crippen molar-refractivity contribution in [3.05, 3.63) is 65.0 Å². The first kappa shape index (κ1) is 15.5. The molecule has 0 unspecified atom stereocenters. The smallest absolute Gasteiger partial charge is 0.127 e. The molecule has 0 saturated heterocycles.